The predicted molar refractivity (Wildman–Crippen MR) is 97.1 cm³/mol. The average molecular weight is 352 g/mol. The predicted octanol–water partition coefficient (Wildman–Crippen LogP) is 3.07. The second-order valence-electron chi connectivity index (χ2n) is 5.89. The molecule has 0 fully saturated rings. The molecule has 1 aliphatic rings. The van der Waals surface area contributed by atoms with Gasteiger partial charge in [-0.15, -0.1) is 0 Å². The van der Waals surface area contributed by atoms with Crippen molar-refractivity contribution in [2.24, 2.45) is 0 Å². The minimum absolute atomic E-state index is 0.123. The SMILES string of the molecule is COc1ccc([C@@H]2C=C(c3ccccc3OC(C)=O)NN2C(C)=O)cc1. The van der Waals surface area contributed by atoms with E-state index in [9.17, 15) is 9.59 Å². The number of hydrazine groups is 1. The molecule has 1 aliphatic heterocycles. The van der Waals surface area contributed by atoms with E-state index in [0.717, 1.165) is 11.3 Å². The molecule has 26 heavy (non-hydrogen) atoms. The molecule has 0 aromatic heterocycles. The van der Waals surface area contributed by atoms with E-state index in [2.05, 4.69) is 5.43 Å². The van der Waals surface area contributed by atoms with Gasteiger partial charge in [0.2, 0.25) is 5.91 Å². The van der Waals surface area contributed by atoms with Gasteiger partial charge in [-0.1, -0.05) is 24.3 Å². The molecule has 2 aromatic rings. The molecule has 1 atom stereocenters. The summed E-state index contributed by atoms with van der Waals surface area (Å²) >= 11 is 0. The first-order valence-electron chi connectivity index (χ1n) is 8.19. The Morgan fingerprint density at radius 3 is 2.35 bits per heavy atom. The van der Waals surface area contributed by atoms with E-state index in [0.29, 0.717) is 17.0 Å². The van der Waals surface area contributed by atoms with Crippen LogP contribution in [0.25, 0.3) is 5.70 Å². The summed E-state index contributed by atoms with van der Waals surface area (Å²) in [5.41, 5.74) is 5.48. The van der Waals surface area contributed by atoms with Crippen molar-refractivity contribution in [3.05, 3.63) is 65.7 Å². The first kappa shape index (κ1) is 17.5. The number of amides is 1. The first-order valence-corrected chi connectivity index (χ1v) is 8.19. The summed E-state index contributed by atoms with van der Waals surface area (Å²) in [4.78, 5) is 23.5. The van der Waals surface area contributed by atoms with Gasteiger partial charge in [0, 0.05) is 19.4 Å². The third-order valence-electron chi connectivity index (χ3n) is 4.07. The lowest BCUT2D eigenvalue weighted by atomic mass is 10.0. The van der Waals surface area contributed by atoms with Crippen molar-refractivity contribution >= 4 is 17.6 Å². The fourth-order valence-corrected chi connectivity index (χ4v) is 2.87. The number of nitrogens with zero attached hydrogens (tertiary/aromatic N) is 1. The molecule has 0 saturated heterocycles. The molecule has 0 aliphatic carbocycles. The summed E-state index contributed by atoms with van der Waals surface area (Å²) in [6.07, 6.45) is 1.94. The number of hydrogen-bond acceptors (Lipinski definition) is 5. The number of ether oxygens (including phenoxy) is 2. The van der Waals surface area contributed by atoms with E-state index in [1.165, 1.54) is 13.8 Å². The van der Waals surface area contributed by atoms with Gasteiger partial charge in [0.1, 0.15) is 11.5 Å². The Balaban J connectivity index is 1.98. The zero-order chi connectivity index (χ0) is 18.7. The lowest BCUT2D eigenvalue weighted by molar-refractivity contribution is -0.133. The van der Waals surface area contributed by atoms with Gasteiger partial charge in [0.05, 0.1) is 18.8 Å². The summed E-state index contributed by atoms with van der Waals surface area (Å²) in [5.74, 6) is 0.671. The fraction of sp³-hybridized carbons (Fsp3) is 0.200. The number of rotatable bonds is 4. The highest BCUT2D eigenvalue weighted by Gasteiger charge is 2.29. The van der Waals surface area contributed by atoms with E-state index in [4.69, 9.17) is 9.47 Å². The van der Waals surface area contributed by atoms with Crippen molar-refractivity contribution in [3.63, 3.8) is 0 Å². The van der Waals surface area contributed by atoms with Gasteiger partial charge in [-0.2, -0.15) is 0 Å². The number of esters is 1. The molecule has 2 aromatic carbocycles. The Kier molecular flexibility index (Phi) is 4.93. The molecule has 6 nitrogen and oxygen atoms in total. The van der Waals surface area contributed by atoms with Gasteiger partial charge < -0.3 is 9.47 Å². The molecular formula is C20H20N2O4. The maximum Gasteiger partial charge on any atom is 0.308 e. The Hall–Kier alpha value is -3.28. The summed E-state index contributed by atoms with van der Waals surface area (Å²) in [5, 5.41) is 1.54. The third-order valence-corrected chi connectivity index (χ3v) is 4.07. The van der Waals surface area contributed by atoms with Crippen LogP contribution in [0.5, 0.6) is 11.5 Å². The normalized spacial score (nSPS) is 15.9. The van der Waals surface area contributed by atoms with Crippen molar-refractivity contribution in [2.45, 2.75) is 19.9 Å². The first-order chi connectivity index (χ1) is 12.5. The van der Waals surface area contributed by atoms with Crippen molar-refractivity contribution in [3.8, 4) is 11.5 Å². The minimum atomic E-state index is -0.397. The number of carbonyl (C=O) groups excluding carboxylic acids is 2. The highest BCUT2D eigenvalue weighted by Crippen LogP contribution is 2.35. The molecule has 0 unspecified atom stereocenters. The van der Waals surface area contributed by atoms with Crippen LogP contribution < -0.4 is 14.9 Å². The summed E-state index contributed by atoms with van der Waals surface area (Å²) < 4.78 is 10.5. The number of para-hydroxylation sites is 1. The maximum absolute atomic E-state index is 12.1. The molecule has 3 rings (SSSR count). The Labute approximate surface area is 152 Å². The number of hydrogen-bond donors (Lipinski definition) is 1. The van der Waals surface area contributed by atoms with Crippen LogP contribution in [0.15, 0.2) is 54.6 Å². The summed E-state index contributed by atoms with van der Waals surface area (Å²) in [6, 6.07) is 14.5. The largest absolute Gasteiger partial charge is 0.497 e. The van der Waals surface area contributed by atoms with Gasteiger partial charge in [-0.3, -0.25) is 15.0 Å². The molecule has 1 amide bonds. The van der Waals surface area contributed by atoms with Crippen LogP contribution >= 0.6 is 0 Å². The smallest absolute Gasteiger partial charge is 0.308 e. The molecule has 0 radical (unpaired) electrons. The maximum atomic E-state index is 12.1. The van der Waals surface area contributed by atoms with E-state index in [-0.39, 0.29) is 11.9 Å². The monoisotopic (exact) mass is 352 g/mol. The van der Waals surface area contributed by atoms with Gasteiger partial charge >= 0.3 is 5.97 Å². The zero-order valence-corrected chi connectivity index (χ0v) is 14.9. The Morgan fingerprint density at radius 1 is 1.04 bits per heavy atom. The van der Waals surface area contributed by atoms with Crippen molar-refractivity contribution < 1.29 is 19.1 Å². The van der Waals surface area contributed by atoms with E-state index < -0.39 is 5.97 Å². The van der Waals surface area contributed by atoms with Crippen molar-refractivity contribution in [1.29, 1.82) is 0 Å². The third kappa shape index (κ3) is 3.54. The van der Waals surface area contributed by atoms with Crippen LogP contribution in [0.4, 0.5) is 0 Å². The molecule has 134 valence electrons. The molecular weight excluding hydrogens is 332 g/mol. The zero-order valence-electron chi connectivity index (χ0n) is 14.9. The molecule has 0 saturated carbocycles. The molecule has 1 N–H and O–H groups in total. The van der Waals surface area contributed by atoms with Crippen LogP contribution in [-0.4, -0.2) is 24.0 Å². The minimum Gasteiger partial charge on any atom is -0.497 e. The Morgan fingerprint density at radius 2 is 1.73 bits per heavy atom. The van der Waals surface area contributed by atoms with Crippen LogP contribution in [0.2, 0.25) is 0 Å². The number of benzene rings is 2. The standard InChI is InChI=1S/C20H20N2O4/c1-13(23)22-19(15-8-10-16(25-3)11-9-15)12-18(21-22)17-6-4-5-7-20(17)26-14(2)24/h4-12,19,21H,1-3H3/t19-/m0/s1. The van der Waals surface area contributed by atoms with Gasteiger partial charge in [-0.25, -0.2) is 5.01 Å². The number of carbonyl (C=O) groups is 2. The highest BCUT2D eigenvalue weighted by molar-refractivity contribution is 5.81. The Bertz CT molecular complexity index is 858. The van der Waals surface area contributed by atoms with Gasteiger partial charge in [0.15, 0.2) is 0 Å². The lowest BCUT2D eigenvalue weighted by Crippen LogP contribution is -2.37. The molecule has 0 bridgehead atoms. The van der Waals surface area contributed by atoms with E-state index in [1.54, 1.807) is 24.3 Å². The van der Waals surface area contributed by atoms with Crippen LogP contribution in [0.1, 0.15) is 31.0 Å². The number of nitrogens with one attached hydrogen (secondary N) is 1. The van der Waals surface area contributed by atoms with E-state index >= 15 is 0 Å². The molecule has 1 heterocycles. The number of methoxy groups -OCH3 is 1. The average Bonchev–Trinajstić information content (AvgIpc) is 3.07. The van der Waals surface area contributed by atoms with Crippen LogP contribution in [0, 0.1) is 0 Å². The summed E-state index contributed by atoms with van der Waals surface area (Å²) in [7, 11) is 1.61. The fourth-order valence-electron chi connectivity index (χ4n) is 2.87. The second kappa shape index (κ2) is 7.31. The highest BCUT2D eigenvalue weighted by atomic mass is 16.5. The summed E-state index contributed by atoms with van der Waals surface area (Å²) in [6.45, 7) is 2.85. The van der Waals surface area contributed by atoms with Crippen molar-refractivity contribution in [2.75, 3.05) is 7.11 Å². The molecule has 6 heteroatoms. The topological polar surface area (TPSA) is 67.9 Å². The molecule has 0 spiro atoms. The van der Waals surface area contributed by atoms with Crippen LogP contribution in [0.3, 0.4) is 0 Å². The van der Waals surface area contributed by atoms with Crippen molar-refractivity contribution in [1.82, 2.24) is 10.4 Å². The lowest BCUT2D eigenvalue weighted by Gasteiger charge is -2.24. The van der Waals surface area contributed by atoms with Crippen LogP contribution in [-0.2, 0) is 9.59 Å². The van der Waals surface area contributed by atoms with Gasteiger partial charge in [0.25, 0.3) is 0 Å². The van der Waals surface area contributed by atoms with E-state index in [1.807, 2.05) is 42.5 Å². The quantitative estimate of drug-likeness (QED) is 0.677. The second-order valence-corrected chi connectivity index (χ2v) is 5.89. The van der Waals surface area contributed by atoms with Gasteiger partial charge in [-0.05, 0) is 35.9 Å².